The summed E-state index contributed by atoms with van der Waals surface area (Å²) in [5, 5.41) is 5.38. The van der Waals surface area contributed by atoms with Gasteiger partial charge in [-0.25, -0.2) is 9.97 Å². The smallest absolute Gasteiger partial charge is 0.433 e. The molecule has 0 bridgehead atoms. The minimum atomic E-state index is -4.58. The summed E-state index contributed by atoms with van der Waals surface area (Å²) in [5.41, 5.74) is 0.937. The summed E-state index contributed by atoms with van der Waals surface area (Å²) in [7, 11) is 0. The van der Waals surface area contributed by atoms with E-state index in [0.29, 0.717) is 43.1 Å². The number of hydrogen-bond donors (Lipinski definition) is 1. The number of nitrogens with one attached hydrogen (secondary N) is 1. The van der Waals surface area contributed by atoms with E-state index in [0.717, 1.165) is 29.2 Å². The van der Waals surface area contributed by atoms with Crippen LogP contribution in [0.5, 0.6) is 5.88 Å². The highest BCUT2D eigenvalue weighted by atomic mass is 35.5. The Hall–Kier alpha value is -4.07. The van der Waals surface area contributed by atoms with E-state index in [1.807, 2.05) is 13.8 Å². The molecule has 4 aromatic heterocycles. The van der Waals surface area contributed by atoms with Crippen molar-refractivity contribution >= 4 is 34.9 Å². The Morgan fingerprint density at radius 1 is 1.16 bits per heavy atom. The number of rotatable bonds is 7. The topological polar surface area (TPSA) is 102 Å². The standard InChI is InChI=1S/C30H28ClF3N6O3S/c1-4-43-26-24(12-19(31)15-37-26)40-23(11-17(2)3)20(28(41)39-9-7-35-8-10-39)13-21(29(40)42)27-38-22(16-44-27)18-5-6-25(36-14-18)30(32,33)34/h5-6,11-16,35H,4,7-10H2,1-3H3. The molecule has 5 heterocycles. The van der Waals surface area contributed by atoms with Crippen molar-refractivity contribution in [2.45, 2.75) is 26.9 Å². The van der Waals surface area contributed by atoms with Crippen LogP contribution < -0.4 is 15.6 Å². The van der Waals surface area contributed by atoms with Gasteiger partial charge in [-0.05, 0) is 51.1 Å². The van der Waals surface area contributed by atoms with Gasteiger partial charge in [0.15, 0.2) is 0 Å². The summed E-state index contributed by atoms with van der Waals surface area (Å²) >= 11 is 7.47. The Balaban J connectivity index is 1.75. The van der Waals surface area contributed by atoms with E-state index < -0.39 is 17.4 Å². The molecule has 0 spiro atoms. The molecule has 0 aromatic carbocycles. The van der Waals surface area contributed by atoms with Crippen molar-refractivity contribution in [1.29, 1.82) is 0 Å². The molecular formula is C30H28ClF3N6O3S. The molecule has 0 saturated carbocycles. The number of amides is 1. The second-order valence-corrected chi connectivity index (χ2v) is 11.4. The molecular weight excluding hydrogens is 617 g/mol. The molecule has 44 heavy (non-hydrogen) atoms. The number of ether oxygens (including phenoxy) is 1. The number of carbonyl (C=O) groups excluding carboxylic acids is 1. The van der Waals surface area contributed by atoms with Gasteiger partial charge >= 0.3 is 6.18 Å². The van der Waals surface area contributed by atoms with Crippen LogP contribution in [0.25, 0.3) is 33.6 Å². The number of aromatic nitrogens is 4. The Kier molecular flexibility index (Phi) is 9.18. The van der Waals surface area contributed by atoms with Gasteiger partial charge in [-0.15, -0.1) is 11.3 Å². The fraction of sp³-hybridized carbons (Fsp3) is 0.300. The van der Waals surface area contributed by atoms with E-state index in [1.165, 1.54) is 22.9 Å². The van der Waals surface area contributed by atoms with Gasteiger partial charge in [0.2, 0.25) is 5.88 Å². The third-order valence-electron chi connectivity index (χ3n) is 6.70. The van der Waals surface area contributed by atoms with Gasteiger partial charge in [-0.1, -0.05) is 17.2 Å². The maximum absolute atomic E-state index is 14.4. The van der Waals surface area contributed by atoms with Crippen LogP contribution in [-0.2, 0) is 6.18 Å². The molecule has 0 atom stereocenters. The number of hydrogen-bond acceptors (Lipinski definition) is 8. The summed E-state index contributed by atoms with van der Waals surface area (Å²) < 4.78 is 46.3. The van der Waals surface area contributed by atoms with E-state index in [9.17, 15) is 22.8 Å². The Morgan fingerprint density at radius 3 is 2.55 bits per heavy atom. The zero-order valence-electron chi connectivity index (χ0n) is 24.0. The predicted octanol–water partition coefficient (Wildman–Crippen LogP) is 5.96. The molecule has 0 unspecified atom stereocenters. The third-order valence-corrected chi connectivity index (χ3v) is 7.79. The van der Waals surface area contributed by atoms with Gasteiger partial charge < -0.3 is 15.0 Å². The average Bonchev–Trinajstić information content (AvgIpc) is 3.48. The van der Waals surface area contributed by atoms with Crippen LogP contribution in [0.3, 0.4) is 0 Å². The van der Waals surface area contributed by atoms with Crippen molar-refractivity contribution in [3.05, 3.63) is 79.9 Å². The summed E-state index contributed by atoms with van der Waals surface area (Å²) in [6.45, 7) is 7.96. The van der Waals surface area contributed by atoms with Gasteiger partial charge in [0, 0.05) is 49.5 Å². The van der Waals surface area contributed by atoms with Crippen LogP contribution >= 0.6 is 22.9 Å². The minimum absolute atomic E-state index is 0.118. The Labute approximate surface area is 260 Å². The highest BCUT2D eigenvalue weighted by Crippen LogP contribution is 2.33. The Morgan fingerprint density at radius 2 is 1.91 bits per heavy atom. The van der Waals surface area contributed by atoms with Gasteiger partial charge in [-0.3, -0.25) is 19.1 Å². The molecule has 1 saturated heterocycles. The number of nitrogens with zero attached hydrogens (tertiary/aromatic N) is 5. The maximum Gasteiger partial charge on any atom is 0.433 e. The lowest BCUT2D eigenvalue weighted by Crippen LogP contribution is -2.47. The first kappa shape index (κ1) is 31.4. The third kappa shape index (κ3) is 6.54. The van der Waals surface area contributed by atoms with Crippen molar-refractivity contribution in [2.24, 2.45) is 0 Å². The van der Waals surface area contributed by atoms with Crippen molar-refractivity contribution in [3.8, 4) is 33.4 Å². The van der Waals surface area contributed by atoms with Crippen molar-refractivity contribution in [1.82, 2.24) is 29.7 Å². The van der Waals surface area contributed by atoms with Crippen molar-refractivity contribution < 1.29 is 22.7 Å². The van der Waals surface area contributed by atoms with E-state index >= 15 is 0 Å². The zero-order chi connectivity index (χ0) is 31.6. The second-order valence-electron chi connectivity index (χ2n) is 10.1. The molecule has 1 N–H and O–H groups in total. The van der Waals surface area contributed by atoms with Gasteiger partial charge in [0.05, 0.1) is 34.1 Å². The SMILES string of the molecule is CCOc1ncc(Cl)cc1-n1c(C=C(C)C)c(C(=O)N2CCNCC2)cc(-c2nc(-c3ccc(C(F)(F)F)nc3)cs2)c1=O. The molecule has 1 fully saturated rings. The first-order valence-electron chi connectivity index (χ1n) is 13.7. The number of carbonyl (C=O) groups is 1. The molecule has 1 aliphatic heterocycles. The predicted molar refractivity (Wildman–Crippen MR) is 163 cm³/mol. The monoisotopic (exact) mass is 644 g/mol. The van der Waals surface area contributed by atoms with Crippen molar-refractivity contribution in [2.75, 3.05) is 32.8 Å². The molecule has 0 aliphatic carbocycles. The molecule has 1 amide bonds. The quantitative estimate of drug-likeness (QED) is 0.265. The molecule has 4 aromatic rings. The average molecular weight is 645 g/mol. The number of alkyl halides is 3. The summed E-state index contributed by atoms with van der Waals surface area (Å²) in [4.78, 5) is 42.6. The molecule has 0 radical (unpaired) electrons. The van der Waals surface area contributed by atoms with Crippen LogP contribution in [0.2, 0.25) is 5.02 Å². The van der Waals surface area contributed by atoms with Crippen LogP contribution in [0.15, 0.2) is 52.4 Å². The number of pyridine rings is 3. The Bertz CT molecular complexity index is 1780. The maximum atomic E-state index is 14.4. The van der Waals surface area contributed by atoms with E-state index in [1.54, 1.807) is 29.3 Å². The van der Waals surface area contributed by atoms with Crippen molar-refractivity contribution in [3.63, 3.8) is 0 Å². The lowest BCUT2D eigenvalue weighted by Gasteiger charge is -2.29. The normalized spacial score (nSPS) is 13.6. The van der Waals surface area contributed by atoms with Gasteiger partial charge in [0.25, 0.3) is 11.5 Å². The number of piperazine rings is 1. The van der Waals surface area contributed by atoms with E-state index in [4.69, 9.17) is 16.3 Å². The first-order valence-corrected chi connectivity index (χ1v) is 15.0. The highest BCUT2D eigenvalue weighted by Gasteiger charge is 2.32. The lowest BCUT2D eigenvalue weighted by atomic mass is 10.0. The summed E-state index contributed by atoms with van der Waals surface area (Å²) in [6, 6.07) is 5.23. The molecule has 5 rings (SSSR count). The molecule has 9 nitrogen and oxygen atoms in total. The summed E-state index contributed by atoms with van der Waals surface area (Å²) in [5.74, 6) is -0.124. The molecule has 1 aliphatic rings. The minimum Gasteiger partial charge on any atom is -0.476 e. The van der Waals surface area contributed by atoms with Crippen LogP contribution in [0.1, 0.15) is 42.5 Å². The van der Waals surface area contributed by atoms with E-state index in [-0.39, 0.29) is 45.2 Å². The number of thiazole rings is 1. The fourth-order valence-electron chi connectivity index (χ4n) is 4.72. The zero-order valence-corrected chi connectivity index (χ0v) is 25.6. The number of allylic oxidation sites excluding steroid dienone is 1. The summed E-state index contributed by atoms with van der Waals surface area (Å²) in [6.07, 6.45) is -0.335. The number of halogens is 4. The van der Waals surface area contributed by atoms with Crippen LogP contribution in [-0.4, -0.2) is 63.1 Å². The van der Waals surface area contributed by atoms with Crippen LogP contribution in [0, 0.1) is 0 Å². The highest BCUT2D eigenvalue weighted by molar-refractivity contribution is 7.13. The van der Waals surface area contributed by atoms with Crippen LogP contribution in [0.4, 0.5) is 13.2 Å². The molecule has 14 heteroatoms. The first-order chi connectivity index (χ1) is 21.0. The van der Waals surface area contributed by atoms with E-state index in [2.05, 4.69) is 20.3 Å². The lowest BCUT2D eigenvalue weighted by molar-refractivity contribution is -0.141. The fourth-order valence-corrected chi connectivity index (χ4v) is 5.70. The van der Waals surface area contributed by atoms with Gasteiger partial charge in [0.1, 0.15) is 16.4 Å². The van der Waals surface area contributed by atoms with Gasteiger partial charge in [-0.2, -0.15) is 13.2 Å². The largest absolute Gasteiger partial charge is 0.476 e. The second kappa shape index (κ2) is 12.9. The molecule has 230 valence electrons.